The van der Waals surface area contributed by atoms with Crippen molar-refractivity contribution in [3.63, 3.8) is 0 Å². The molecule has 1 unspecified atom stereocenters. The van der Waals surface area contributed by atoms with Crippen LogP contribution in [0, 0.1) is 29.9 Å². The van der Waals surface area contributed by atoms with Crippen LogP contribution in [-0.4, -0.2) is 6.10 Å². The molecule has 1 aromatic carbocycles. The minimum atomic E-state index is -0.738. The molecule has 0 aromatic heterocycles. The van der Waals surface area contributed by atoms with Gasteiger partial charge in [0.15, 0.2) is 11.6 Å². The monoisotopic (exact) mass is 432 g/mol. The van der Waals surface area contributed by atoms with Gasteiger partial charge in [0.05, 0.1) is 0 Å². The van der Waals surface area contributed by atoms with E-state index in [1.165, 1.54) is 0 Å². The number of ether oxygens (including phenoxy) is 1. The minimum Gasteiger partial charge on any atom is -0.487 e. The van der Waals surface area contributed by atoms with E-state index in [1.54, 1.807) is 0 Å². The molecular formula is C22H29F2ORb. The molecule has 1 aliphatic heterocycles. The third-order valence-corrected chi connectivity index (χ3v) is 6.70. The molecule has 0 radical (unpaired) electrons. The number of hydrogen-bond acceptors (Lipinski definition) is 1. The normalized spacial score (nSPS) is 29.4. The number of fused-ring (bicyclic) bond motifs is 1. The maximum absolute atomic E-state index is 14.8. The van der Waals surface area contributed by atoms with Crippen LogP contribution in [0.15, 0.2) is 6.07 Å². The largest absolute Gasteiger partial charge is 1.00 e. The molecule has 1 nitrogen and oxygen atoms in total. The molecule has 0 spiro atoms. The molecule has 2 saturated carbocycles. The van der Waals surface area contributed by atoms with Gasteiger partial charge >= 0.3 is 58.2 Å². The fourth-order valence-corrected chi connectivity index (χ4v) is 5.03. The molecule has 0 bridgehead atoms. The van der Waals surface area contributed by atoms with Crippen LogP contribution in [0.5, 0.6) is 5.75 Å². The standard InChI is InChI=1S/C22H29F2O.Rb/c1-14-7-9-15(10-8-14)18-13-17-11-12-19(16-5-3-2-4-6-16)25-22(17)21(24)20(18)23;/h2,13-16,19H,3-12H2,1H3;/q-1;+1. The summed E-state index contributed by atoms with van der Waals surface area (Å²) in [6.45, 7) is 2.25. The average Bonchev–Trinajstić information content (AvgIpc) is 2.66. The summed E-state index contributed by atoms with van der Waals surface area (Å²) in [6, 6.07) is 1.92. The van der Waals surface area contributed by atoms with Crippen LogP contribution in [0.2, 0.25) is 0 Å². The second kappa shape index (κ2) is 9.46. The minimum absolute atomic E-state index is 0. The maximum atomic E-state index is 14.8. The van der Waals surface area contributed by atoms with E-state index in [2.05, 4.69) is 13.3 Å². The van der Waals surface area contributed by atoms with Crippen LogP contribution in [-0.2, 0) is 6.42 Å². The van der Waals surface area contributed by atoms with Crippen LogP contribution >= 0.6 is 0 Å². The molecule has 2 fully saturated rings. The van der Waals surface area contributed by atoms with Gasteiger partial charge in [-0.1, -0.05) is 32.6 Å². The van der Waals surface area contributed by atoms with Crippen molar-refractivity contribution in [1.29, 1.82) is 0 Å². The van der Waals surface area contributed by atoms with Gasteiger partial charge in [0.25, 0.3) is 0 Å². The summed E-state index contributed by atoms with van der Waals surface area (Å²) < 4.78 is 35.6. The Bertz CT molecular complexity index is 619. The Morgan fingerprint density at radius 2 is 1.65 bits per heavy atom. The predicted molar refractivity (Wildman–Crippen MR) is 95.7 cm³/mol. The Hall–Kier alpha value is 0.685. The van der Waals surface area contributed by atoms with E-state index in [0.29, 0.717) is 17.4 Å². The molecule has 0 saturated heterocycles. The van der Waals surface area contributed by atoms with Crippen LogP contribution < -0.4 is 62.9 Å². The molecule has 4 heteroatoms. The Kier molecular flexibility index (Phi) is 7.78. The first-order chi connectivity index (χ1) is 12.1. The molecule has 1 heterocycles. The van der Waals surface area contributed by atoms with E-state index >= 15 is 0 Å². The number of aryl methyl sites for hydroxylation is 1. The molecule has 1 aromatic rings. The maximum Gasteiger partial charge on any atom is 1.00 e. The topological polar surface area (TPSA) is 9.23 Å². The zero-order valence-corrected chi connectivity index (χ0v) is 21.1. The summed E-state index contributed by atoms with van der Waals surface area (Å²) in [6.07, 6.45) is 12.8. The second-order valence-corrected chi connectivity index (χ2v) is 8.44. The van der Waals surface area contributed by atoms with Gasteiger partial charge in [-0.05, 0) is 60.6 Å². The zero-order chi connectivity index (χ0) is 17.4. The van der Waals surface area contributed by atoms with Gasteiger partial charge in [0.1, 0.15) is 6.10 Å². The molecule has 138 valence electrons. The Labute approximate surface area is 205 Å². The van der Waals surface area contributed by atoms with E-state index < -0.39 is 11.6 Å². The van der Waals surface area contributed by atoms with E-state index in [0.717, 1.165) is 69.8 Å². The van der Waals surface area contributed by atoms with Crippen molar-refractivity contribution in [2.45, 2.75) is 83.2 Å². The van der Waals surface area contributed by atoms with Crippen LogP contribution in [0.25, 0.3) is 0 Å². The van der Waals surface area contributed by atoms with Crippen LogP contribution in [0.1, 0.15) is 81.8 Å². The summed E-state index contributed by atoms with van der Waals surface area (Å²) in [5.41, 5.74) is 1.48. The van der Waals surface area contributed by atoms with E-state index in [4.69, 9.17) is 4.74 Å². The fourth-order valence-electron chi connectivity index (χ4n) is 5.03. The van der Waals surface area contributed by atoms with Crippen LogP contribution in [0.4, 0.5) is 8.78 Å². The van der Waals surface area contributed by atoms with E-state index in [9.17, 15) is 8.78 Å². The summed E-state index contributed by atoms with van der Waals surface area (Å²) in [5, 5.41) is 0. The molecular weight excluding hydrogens is 404 g/mol. The molecule has 26 heavy (non-hydrogen) atoms. The number of rotatable bonds is 2. The Morgan fingerprint density at radius 3 is 2.35 bits per heavy atom. The smallest absolute Gasteiger partial charge is 0.487 e. The average molecular weight is 433 g/mol. The number of halogens is 2. The Morgan fingerprint density at radius 1 is 0.962 bits per heavy atom. The van der Waals surface area contributed by atoms with Crippen LogP contribution in [0.3, 0.4) is 0 Å². The summed E-state index contributed by atoms with van der Waals surface area (Å²) in [4.78, 5) is 0. The predicted octanol–water partition coefficient (Wildman–Crippen LogP) is 3.35. The number of benzene rings is 1. The molecule has 3 aliphatic rings. The third kappa shape index (κ3) is 4.47. The molecule has 0 N–H and O–H groups in total. The van der Waals surface area contributed by atoms with E-state index in [1.807, 2.05) is 6.07 Å². The van der Waals surface area contributed by atoms with Crippen molar-refractivity contribution in [3.8, 4) is 5.75 Å². The van der Waals surface area contributed by atoms with Crippen molar-refractivity contribution in [2.75, 3.05) is 0 Å². The van der Waals surface area contributed by atoms with Gasteiger partial charge in [-0.25, -0.2) is 4.39 Å². The van der Waals surface area contributed by atoms with Crippen molar-refractivity contribution >= 4 is 0 Å². The van der Waals surface area contributed by atoms with Crippen molar-refractivity contribution in [3.05, 3.63) is 35.2 Å². The van der Waals surface area contributed by atoms with Gasteiger partial charge in [0, 0.05) is 0 Å². The molecule has 2 aliphatic carbocycles. The van der Waals surface area contributed by atoms with Gasteiger partial charge in [-0.2, -0.15) is 17.2 Å². The summed E-state index contributed by atoms with van der Waals surface area (Å²) in [7, 11) is 0. The van der Waals surface area contributed by atoms with Gasteiger partial charge in [0.2, 0.25) is 5.82 Å². The molecule has 0 amide bonds. The van der Waals surface area contributed by atoms with Crippen molar-refractivity contribution < 1.29 is 71.7 Å². The van der Waals surface area contributed by atoms with E-state index in [-0.39, 0.29) is 76.0 Å². The molecule has 1 atom stereocenters. The first-order valence-corrected chi connectivity index (χ1v) is 10.1. The third-order valence-electron chi connectivity index (χ3n) is 6.70. The fraction of sp³-hybridized carbons (Fsp3) is 0.682. The molecule has 4 rings (SSSR count). The van der Waals surface area contributed by atoms with Gasteiger partial charge in [-0.15, -0.1) is 0 Å². The first-order valence-electron chi connectivity index (χ1n) is 10.1. The van der Waals surface area contributed by atoms with Gasteiger partial charge < -0.3 is 11.2 Å². The SMILES string of the molecule is CC1CCC(c2cc3c(c(F)c2F)OC(C2CC[CH-]CC2)CC3)CC1.[Rb+]. The quantitative estimate of drug-likeness (QED) is 0.651. The number of hydrogen-bond donors (Lipinski definition) is 0. The van der Waals surface area contributed by atoms with Crippen molar-refractivity contribution in [2.24, 2.45) is 11.8 Å². The van der Waals surface area contributed by atoms with Gasteiger partial charge in [-0.3, -0.25) is 0 Å². The summed E-state index contributed by atoms with van der Waals surface area (Å²) in [5.74, 6) is 0.173. The second-order valence-electron chi connectivity index (χ2n) is 8.44. The van der Waals surface area contributed by atoms with Crippen molar-refractivity contribution in [1.82, 2.24) is 0 Å². The Balaban J connectivity index is 0.00000196. The summed E-state index contributed by atoms with van der Waals surface area (Å²) >= 11 is 0. The first kappa shape index (κ1) is 21.4. The zero-order valence-electron chi connectivity index (χ0n) is 16.2.